The maximum absolute atomic E-state index is 11.4. The van der Waals surface area contributed by atoms with Crippen molar-refractivity contribution in [3.8, 4) is 11.5 Å². The summed E-state index contributed by atoms with van der Waals surface area (Å²) in [5.41, 5.74) is 3.36. The van der Waals surface area contributed by atoms with Crippen LogP contribution in [0.25, 0.3) is 0 Å². The topological polar surface area (TPSA) is 67.8 Å². The van der Waals surface area contributed by atoms with E-state index in [4.69, 9.17) is 44.3 Å². The predicted octanol–water partition coefficient (Wildman–Crippen LogP) is 7.24. The van der Waals surface area contributed by atoms with Crippen molar-refractivity contribution in [1.29, 1.82) is 0 Å². The zero-order valence-electron chi connectivity index (χ0n) is 17.5. The number of aromatic carboxylic acids is 1. The van der Waals surface area contributed by atoms with Crippen LogP contribution >= 0.6 is 34.8 Å². The first-order valence-corrected chi connectivity index (χ1v) is 11.0. The van der Waals surface area contributed by atoms with Gasteiger partial charge in [-0.2, -0.15) is 0 Å². The van der Waals surface area contributed by atoms with E-state index in [1.54, 1.807) is 37.3 Å². The van der Waals surface area contributed by atoms with Crippen molar-refractivity contribution >= 4 is 46.5 Å². The highest BCUT2D eigenvalue weighted by molar-refractivity contribution is 6.42. The number of carbonyl (C=O) groups is 1. The number of halogens is 3. The summed E-state index contributed by atoms with van der Waals surface area (Å²) in [6.07, 6.45) is 0. The third-order valence-electron chi connectivity index (χ3n) is 4.78. The Kier molecular flexibility index (Phi) is 8.13. The van der Waals surface area contributed by atoms with Crippen LogP contribution in [0.1, 0.15) is 34.0 Å². The van der Waals surface area contributed by atoms with E-state index in [0.29, 0.717) is 45.3 Å². The molecule has 0 aliphatic carbocycles. The monoisotopic (exact) mass is 493 g/mol. The molecule has 0 aliphatic heterocycles. The minimum absolute atomic E-state index is 0.245. The fraction of sp³-hybridized carbons (Fsp3) is 0.208. The number of rotatable bonds is 9. The van der Waals surface area contributed by atoms with Crippen LogP contribution in [-0.2, 0) is 13.2 Å². The molecule has 0 aromatic heterocycles. The Morgan fingerprint density at radius 2 is 1.72 bits per heavy atom. The standard InChI is InChI=1S/C24H22Cl3NO4/c1-3-31-22-11-16(12-28-21-6-4-5-17(14(21)2)24(29)30)10-20(27)23(22)32-13-15-7-8-18(25)19(26)9-15/h4-11,28H,3,12-13H2,1-2H3,(H,29,30). The molecule has 0 unspecified atom stereocenters. The summed E-state index contributed by atoms with van der Waals surface area (Å²) in [6, 6.07) is 14.0. The number of ether oxygens (including phenoxy) is 2. The van der Waals surface area contributed by atoms with Gasteiger partial charge in [-0.1, -0.05) is 46.9 Å². The van der Waals surface area contributed by atoms with Crippen LogP contribution in [0.4, 0.5) is 5.69 Å². The normalized spacial score (nSPS) is 10.7. The fourth-order valence-electron chi connectivity index (χ4n) is 3.17. The molecule has 0 saturated carbocycles. The molecule has 0 atom stereocenters. The lowest BCUT2D eigenvalue weighted by atomic mass is 10.1. The van der Waals surface area contributed by atoms with Crippen molar-refractivity contribution in [3.05, 3.63) is 85.9 Å². The van der Waals surface area contributed by atoms with E-state index in [1.807, 2.05) is 25.1 Å². The second-order valence-corrected chi connectivity index (χ2v) is 8.23. The van der Waals surface area contributed by atoms with Gasteiger partial charge in [0.15, 0.2) is 11.5 Å². The lowest BCUT2D eigenvalue weighted by molar-refractivity contribution is 0.0696. The van der Waals surface area contributed by atoms with Gasteiger partial charge in [-0.05, 0) is 66.9 Å². The average Bonchev–Trinajstić information content (AvgIpc) is 2.75. The van der Waals surface area contributed by atoms with Crippen molar-refractivity contribution in [2.24, 2.45) is 0 Å². The first kappa shape index (κ1) is 24.1. The van der Waals surface area contributed by atoms with Crippen LogP contribution in [0.5, 0.6) is 11.5 Å². The van der Waals surface area contributed by atoms with Crippen LogP contribution in [0.3, 0.4) is 0 Å². The molecule has 3 aromatic rings. The van der Waals surface area contributed by atoms with Crippen molar-refractivity contribution in [3.63, 3.8) is 0 Å². The second-order valence-electron chi connectivity index (χ2n) is 7.01. The summed E-state index contributed by atoms with van der Waals surface area (Å²) in [6.45, 7) is 4.76. The molecular formula is C24H22Cl3NO4. The van der Waals surface area contributed by atoms with E-state index in [2.05, 4.69) is 5.32 Å². The quantitative estimate of drug-likeness (QED) is 0.328. The first-order valence-electron chi connectivity index (χ1n) is 9.88. The zero-order chi connectivity index (χ0) is 23.3. The molecule has 0 aliphatic rings. The summed E-state index contributed by atoms with van der Waals surface area (Å²) in [7, 11) is 0. The Hall–Kier alpha value is -2.60. The molecule has 3 aromatic carbocycles. The van der Waals surface area contributed by atoms with Gasteiger partial charge in [0.2, 0.25) is 0 Å². The maximum Gasteiger partial charge on any atom is 0.336 e. The van der Waals surface area contributed by atoms with E-state index < -0.39 is 5.97 Å². The van der Waals surface area contributed by atoms with Gasteiger partial charge in [0, 0.05) is 12.2 Å². The Morgan fingerprint density at radius 3 is 2.41 bits per heavy atom. The van der Waals surface area contributed by atoms with E-state index in [0.717, 1.165) is 16.8 Å². The van der Waals surface area contributed by atoms with Gasteiger partial charge in [0.25, 0.3) is 0 Å². The number of benzene rings is 3. The predicted molar refractivity (Wildman–Crippen MR) is 129 cm³/mol. The van der Waals surface area contributed by atoms with Crippen LogP contribution in [-0.4, -0.2) is 17.7 Å². The van der Waals surface area contributed by atoms with Crippen LogP contribution in [0, 0.1) is 6.92 Å². The highest BCUT2D eigenvalue weighted by Gasteiger charge is 2.15. The molecule has 0 fully saturated rings. The van der Waals surface area contributed by atoms with Crippen molar-refractivity contribution < 1.29 is 19.4 Å². The summed E-state index contributed by atoms with van der Waals surface area (Å²) >= 11 is 18.6. The third-order valence-corrected chi connectivity index (χ3v) is 5.80. The number of hydrogen-bond acceptors (Lipinski definition) is 4. The van der Waals surface area contributed by atoms with Crippen LogP contribution < -0.4 is 14.8 Å². The number of carboxylic acids is 1. The molecule has 32 heavy (non-hydrogen) atoms. The Morgan fingerprint density at radius 1 is 0.969 bits per heavy atom. The van der Waals surface area contributed by atoms with Crippen LogP contribution in [0.2, 0.25) is 15.1 Å². The fourth-order valence-corrected chi connectivity index (χ4v) is 3.78. The molecule has 5 nitrogen and oxygen atoms in total. The molecule has 0 spiro atoms. The van der Waals surface area contributed by atoms with Gasteiger partial charge >= 0.3 is 5.97 Å². The van der Waals surface area contributed by atoms with Crippen molar-refractivity contribution in [1.82, 2.24) is 0 Å². The molecule has 168 valence electrons. The number of hydrogen-bond donors (Lipinski definition) is 2. The minimum Gasteiger partial charge on any atom is -0.490 e. The van der Waals surface area contributed by atoms with Gasteiger partial charge in [-0.25, -0.2) is 4.79 Å². The molecule has 2 N–H and O–H groups in total. The molecule has 0 bridgehead atoms. The smallest absolute Gasteiger partial charge is 0.336 e. The number of carboxylic acid groups (broad SMARTS) is 1. The van der Waals surface area contributed by atoms with Gasteiger partial charge in [0.05, 0.1) is 27.2 Å². The summed E-state index contributed by atoms with van der Waals surface area (Å²) in [5.74, 6) is -0.00318. The molecule has 3 rings (SSSR count). The summed E-state index contributed by atoms with van der Waals surface area (Å²) in [5, 5.41) is 13.9. The highest BCUT2D eigenvalue weighted by Crippen LogP contribution is 2.38. The van der Waals surface area contributed by atoms with Crippen molar-refractivity contribution in [2.75, 3.05) is 11.9 Å². The molecule has 0 radical (unpaired) electrons. The lowest BCUT2D eigenvalue weighted by Gasteiger charge is -2.17. The zero-order valence-corrected chi connectivity index (χ0v) is 19.8. The van der Waals surface area contributed by atoms with E-state index in [1.165, 1.54) is 0 Å². The van der Waals surface area contributed by atoms with E-state index >= 15 is 0 Å². The molecule has 0 amide bonds. The third kappa shape index (κ3) is 5.80. The van der Waals surface area contributed by atoms with Gasteiger partial charge in [-0.3, -0.25) is 0 Å². The molecule has 8 heteroatoms. The number of anilines is 1. The Bertz CT molecular complexity index is 1130. The molecule has 0 heterocycles. The number of nitrogens with one attached hydrogen (secondary N) is 1. The second kappa shape index (κ2) is 10.8. The Balaban J connectivity index is 1.78. The first-order chi connectivity index (χ1) is 15.3. The van der Waals surface area contributed by atoms with Gasteiger partial charge in [0.1, 0.15) is 6.61 Å². The summed E-state index contributed by atoms with van der Waals surface area (Å²) < 4.78 is 11.7. The van der Waals surface area contributed by atoms with Gasteiger partial charge < -0.3 is 19.9 Å². The molecular weight excluding hydrogens is 473 g/mol. The lowest BCUT2D eigenvalue weighted by Crippen LogP contribution is -2.07. The average molecular weight is 495 g/mol. The Labute approximate surface area is 201 Å². The summed E-state index contributed by atoms with van der Waals surface area (Å²) in [4.78, 5) is 11.4. The van der Waals surface area contributed by atoms with E-state index in [-0.39, 0.29) is 12.2 Å². The van der Waals surface area contributed by atoms with Gasteiger partial charge in [-0.15, -0.1) is 0 Å². The highest BCUT2D eigenvalue weighted by atomic mass is 35.5. The van der Waals surface area contributed by atoms with Crippen LogP contribution in [0.15, 0.2) is 48.5 Å². The molecule has 0 saturated heterocycles. The minimum atomic E-state index is -0.962. The largest absolute Gasteiger partial charge is 0.490 e. The SMILES string of the molecule is CCOc1cc(CNc2cccc(C(=O)O)c2C)cc(Cl)c1OCc1ccc(Cl)c(Cl)c1. The maximum atomic E-state index is 11.4. The van der Waals surface area contributed by atoms with E-state index in [9.17, 15) is 9.90 Å². The van der Waals surface area contributed by atoms with Crippen molar-refractivity contribution in [2.45, 2.75) is 27.0 Å².